The largest absolute Gasteiger partial charge is 0.497 e. The fraction of sp³-hybridized carbons (Fsp3) is 0.300. The summed E-state index contributed by atoms with van der Waals surface area (Å²) in [5, 5.41) is 9.12. The van der Waals surface area contributed by atoms with Crippen molar-refractivity contribution in [1.82, 2.24) is 29.5 Å². The van der Waals surface area contributed by atoms with Crippen LogP contribution in [0.5, 0.6) is 11.5 Å². The van der Waals surface area contributed by atoms with Gasteiger partial charge in [0.1, 0.15) is 38.8 Å². The molecule has 0 unspecified atom stereocenters. The van der Waals surface area contributed by atoms with E-state index in [2.05, 4.69) is 12.0 Å². The molecule has 5 heterocycles. The zero-order chi connectivity index (χ0) is 28.8. The van der Waals surface area contributed by atoms with E-state index in [0.717, 1.165) is 78.6 Å². The highest BCUT2D eigenvalue weighted by atomic mass is 32.1. The van der Waals surface area contributed by atoms with Gasteiger partial charge >= 0.3 is 0 Å². The number of benzene rings is 2. The van der Waals surface area contributed by atoms with E-state index in [1.165, 1.54) is 11.3 Å². The molecule has 1 aliphatic heterocycles. The van der Waals surface area contributed by atoms with E-state index in [-0.39, 0.29) is 5.91 Å². The zero-order valence-electron chi connectivity index (χ0n) is 23.4. The van der Waals surface area contributed by atoms with Gasteiger partial charge in [0.05, 0.1) is 29.2 Å². The van der Waals surface area contributed by atoms with Crippen LogP contribution in [0, 0.1) is 12.8 Å². The molecule has 0 spiro atoms. The number of aryl methyl sites for hydroxylation is 1. The lowest BCUT2D eigenvalue weighted by Crippen LogP contribution is -2.28. The van der Waals surface area contributed by atoms with Crippen LogP contribution in [0.2, 0.25) is 0 Å². The van der Waals surface area contributed by atoms with Crippen LogP contribution in [-0.2, 0) is 6.61 Å². The molecule has 0 N–H and O–H groups in total. The second kappa shape index (κ2) is 11.1. The Balaban J connectivity index is 1.07. The van der Waals surface area contributed by atoms with Gasteiger partial charge in [-0.1, -0.05) is 36.8 Å². The minimum Gasteiger partial charge on any atom is -0.497 e. The number of fused-ring (bicyclic) bond motifs is 2. The number of carbonyl (C=O) groups excluding carboxylic acids is 1. The Morgan fingerprint density at radius 3 is 2.71 bits per heavy atom. The molecular weight excluding hydrogens is 589 g/mol. The number of amides is 1. The highest BCUT2D eigenvalue weighted by Gasteiger charge is 2.26. The molecule has 1 saturated heterocycles. The summed E-state index contributed by atoms with van der Waals surface area (Å²) >= 11 is 4.64. The van der Waals surface area contributed by atoms with Crippen molar-refractivity contribution in [3.05, 3.63) is 64.2 Å². The van der Waals surface area contributed by atoms with Crippen molar-refractivity contribution < 1.29 is 14.3 Å². The molecule has 0 bridgehead atoms. The minimum atomic E-state index is 0.112. The van der Waals surface area contributed by atoms with Crippen molar-refractivity contribution in [2.24, 2.45) is 5.92 Å². The number of thiazole rings is 2. The topological polar surface area (TPSA) is 94.7 Å². The maximum atomic E-state index is 12.9. The van der Waals surface area contributed by atoms with E-state index < -0.39 is 0 Å². The van der Waals surface area contributed by atoms with Crippen molar-refractivity contribution >= 4 is 55.1 Å². The lowest BCUT2D eigenvalue weighted by Gasteiger charge is -2.16. The van der Waals surface area contributed by atoms with E-state index in [4.69, 9.17) is 24.4 Å². The summed E-state index contributed by atoms with van der Waals surface area (Å²) in [7, 11) is 1.63. The predicted octanol–water partition coefficient (Wildman–Crippen LogP) is 6.96. The lowest BCUT2D eigenvalue weighted by atomic mass is 10.1. The highest BCUT2D eigenvalue weighted by molar-refractivity contribution is 7.22. The summed E-state index contributed by atoms with van der Waals surface area (Å²) in [5.41, 5.74) is 4.11. The smallest absolute Gasteiger partial charge is 0.253 e. The molecule has 42 heavy (non-hydrogen) atoms. The average Bonchev–Trinajstić information content (AvgIpc) is 3.83. The number of hydrogen-bond donors (Lipinski definition) is 0. The Hall–Kier alpha value is -3.87. The molecule has 0 saturated carbocycles. The van der Waals surface area contributed by atoms with Crippen molar-refractivity contribution in [2.45, 2.75) is 33.3 Å². The van der Waals surface area contributed by atoms with Crippen molar-refractivity contribution in [1.29, 1.82) is 0 Å². The monoisotopic (exact) mass is 616 g/mol. The first kappa shape index (κ1) is 27.0. The van der Waals surface area contributed by atoms with Crippen LogP contribution in [0.15, 0.2) is 48.0 Å². The summed E-state index contributed by atoms with van der Waals surface area (Å²) in [6.45, 7) is 6.16. The normalized spacial score (nSPS) is 15.2. The maximum absolute atomic E-state index is 12.9. The summed E-state index contributed by atoms with van der Waals surface area (Å²) < 4.78 is 14.5. The van der Waals surface area contributed by atoms with Gasteiger partial charge in [0, 0.05) is 41.7 Å². The lowest BCUT2D eigenvalue weighted by molar-refractivity contribution is 0.0787. The Kier molecular flexibility index (Phi) is 7.12. The zero-order valence-corrected chi connectivity index (χ0v) is 25.8. The van der Waals surface area contributed by atoms with Crippen molar-refractivity contribution in [3.63, 3.8) is 0 Å². The summed E-state index contributed by atoms with van der Waals surface area (Å²) in [6.07, 6.45) is 4.12. The standard InChI is InChI=1S/C30H28N6O3S3/c1-4-18-9-10-35(13-18)29(37)20-7-5-19(6-8-20)27-31-21(16-40-27)15-39-25-12-22(38-3)11-23-26(25)42-28(32-23)24-14-36-30(33-24)41-17(2)34-36/h5-8,11-12,14,16,18H,4,9-10,13,15H2,1-3H3/t18-/m1/s1. The average molecular weight is 617 g/mol. The minimum absolute atomic E-state index is 0.112. The van der Waals surface area contributed by atoms with Gasteiger partial charge in [-0.3, -0.25) is 4.79 Å². The van der Waals surface area contributed by atoms with Gasteiger partial charge in [0.25, 0.3) is 5.91 Å². The van der Waals surface area contributed by atoms with Gasteiger partial charge in [0.15, 0.2) is 0 Å². The number of likely N-dealkylation sites (tertiary alicyclic amines) is 1. The van der Waals surface area contributed by atoms with Crippen LogP contribution in [0.25, 0.3) is 36.5 Å². The molecule has 12 heteroatoms. The maximum Gasteiger partial charge on any atom is 0.253 e. The first-order chi connectivity index (χ1) is 20.5. The van der Waals surface area contributed by atoms with E-state index in [9.17, 15) is 4.79 Å². The van der Waals surface area contributed by atoms with E-state index in [1.807, 2.05) is 59.8 Å². The second-order valence-electron chi connectivity index (χ2n) is 10.3. The molecule has 4 aromatic heterocycles. The molecule has 0 radical (unpaired) electrons. The summed E-state index contributed by atoms with van der Waals surface area (Å²) in [6, 6.07) is 11.6. The van der Waals surface area contributed by atoms with E-state index >= 15 is 0 Å². The molecule has 9 nitrogen and oxygen atoms in total. The fourth-order valence-electron chi connectivity index (χ4n) is 5.16. The third-order valence-electron chi connectivity index (χ3n) is 7.49. The fourth-order valence-corrected chi connectivity index (χ4v) is 7.66. The summed E-state index contributed by atoms with van der Waals surface area (Å²) in [5.74, 6) is 2.09. The molecule has 1 atom stereocenters. The number of hydrogen-bond acceptors (Lipinski definition) is 10. The molecule has 1 aliphatic rings. The van der Waals surface area contributed by atoms with Crippen LogP contribution in [-0.4, -0.2) is 55.6 Å². The highest BCUT2D eigenvalue weighted by Crippen LogP contribution is 2.39. The van der Waals surface area contributed by atoms with Crippen LogP contribution in [0.4, 0.5) is 0 Å². The number of nitrogens with zero attached hydrogens (tertiary/aromatic N) is 6. The number of ether oxygens (including phenoxy) is 2. The molecule has 6 aromatic rings. The Labute approximate surface area is 254 Å². The Morgan fingerprint density at radius 1 is 1.10 bits per heavy atom. The third kappa shape index (κ3) is 5.14. The van der Waals surface area contributed by atoms with Gasteiger partial charge in [-0.05, 0) is 31.4 Å². The first-order valence-corrected chi connectivity index (χ1v) is 16.3. The number of aromatic nitrogens is 5. The molecular formula is C30H28N6O3S3. The van der Waals surface area contributed by atoms with Gasteiger partial charge < -0.3 is 14.4 Å². The van der Waals surface area contributed by atoms with Crippen LogP contribution in [0.1, 0.15) is 40.8 Å². The molecule has 0 aliphatic carbocycles. The SMILES string of the molecule is CC[C@@H]1CCN(C(=O)c2ccc(-c3nc(COc4cc(OC)cc5nc(-c6cn7nc(C)sc7n6)sc45)cs3)cc2)C1. The Bertz CT molecular complexity index is 1870. The van der Waals surface area contributed by atoms with Crippen molar-refractivity contribution in [2.75, 3.05) is 20.2 Å². The third-order valence-corrected chi connectivity index (χ3v) is 10.4. The van der Waals surface area contributed by atoms with Gasteiger partial charge in [-0.2, -0.15) is 5.10 Å². The van der Waals surface area contributed by atoms with Crippen LogP contribution in [0.3, 0.4) is 0 Å². The quantitative estimate of drug-likeness (QED) is 0.182. The van der Waals surface area contributed by atoms with Gasteiger partial charge in [0.2, 0.25) is 4.96 Å². The first-order valence-electron chi connectivity index (χ1n) is 13.8. The van der Waals surface area contributed by atoms with Gasteiger partial charge in [-0.25, -0.2) is 19.5 Å². The number of imidazole rings is 1. The predicted molar refractivity (Wildman–Crippen MR) is 167 cm³/mol. The molecule has 7 rings (SSSR count). The van der Waals surface area contributed by atoms with Gasteiger partial charge in [-0.15, -0.1) is 22.7 Å². The van der Waals surface area contributed by atoms with Crippen molar-refractivity contribution in [3.8, 4) is 32.8 Å². The molecule has 214 valence electrons. The second-order valence-corrected chi connectivity index (χ2v) is 13.3. The molecule has 1 amide bonds. The molecule has 1 fully saturated rings. The number of carbonyl (C=O) groups is 1. The summed E-state index contributed by atoms with van der Waals surface area (Å²) in [4.78, 5) is 30.1. The van der Waals surface area contributed by atoms with E-state index in [0.29, 0.717) is 24.0 Å². The molecule has 2 aromatic carbocycles. The number of rotatable bonds is 8. The Morgan fingerprint density at radius 2 is 1.95 bits per heavy atom. The van der Waals surface area contributed by atoms with Crippen LogP contribution >= 0.6 is 34.0 Å². The number of methoxy groups -OCH3 is 1. The van der Waals surface area contributed by atoms with Crippen LogP contribution < -0.4 is 9.47 Å². The van der Waals surface area contributed by atoms with E-state index in [1.54, 1.807) is 34.3 Å².